The average molecular weight is 425 g/mol. The smallest absolute Gasteiger partial charge is 0.252 e. The Hall–Kier alpha value is -2.23. The summed E-state index contributed by atoms with van der Waals surface area (Å²) in [5, 5.41) is 2.67. The first-order valence-corrected chi connectivity index (χ1v) is 12.1. The van der Waals surface area contributed by atoms with Gasteiger partial charge in [0, 0.05) is 25.9 Å². The predicted octanol–water partition coefficient (Wildman–Crippen LogP) is 2.05. The molecule has 2 rings (SSSR count). The van der Waals surface area contributed by atoms with Crippen molar-refractivity contribution in [2.24, 2.45) is 0 Å². The van der Waals surface area contributed by atoms with Crippen LogP contribution in [0.3, 0.4) is 0 Å². The van der Waals surface area contributed by atoms with Crippen molar-refractivity contribution in [3.8, 4) is 0 Å². The highest BCUT2D eigenvalue weighted by molar-refractivity contribution is 7.90. The number of amides is 1. The maximum Gasteiger partial charge on any atom is 0.252 e. The van der Waals surface area contributed by atoms with Crippen LogP contribution in [-0.4, -0.2) is 46.4 Å². The Morgan fingerprint density at radius 3 is 2.04 bits per heavy atom. The fraction of sp³-hybridized carbons (Fsp3) is 0.316. The maximum absolute atomic E-state index is 12.5. The van der Waals surface area contributed by atoms with Crippen LogP contribution in [0, 0.1) is 0 Å². The molecule has 9 heteroatoms. The molecule has 0 aliphatic carbocycles. The molecule has 0 spiro atoms. The van der Waals surface area contributed by atoms with E-state index in [0.717, 1.165) is 6.26 Å². The molecule has 0 saturated carbocycles. The molecule has 0 saturated heterocycles. The predicted molar refractivity (Wildman–Crippen MR) is 107 cm³/mol. The van der Waals surface area contributed by atoms with Crippen LogP contribution in [0.2, 0.25) is 0 Å². The summed E-state index contributed by atoms with van der Waals surface area (Å²) in [4.78, 5) is 12.6. The second kappa shape index (κ2) is 8.85. The van der Waals surface area contributed by atoms with Crippen molar-refractivity contribution in [2.75, 3.05) is 19.3 Å². The Morgan fingerprint density at radius 1 is 0.929 bits per heavy atom. The molecule has 0 bridgehead atoms. The number of nitrogens with zero attached hydrogens (tertiary/aromatic N) is 1. The summed E-state index contributed by atoms with van der Waals surface area (Å²) in [7, 11) is -7.06. The van der Waals surface area contributed by atoms with E-state index in [1.807, 2.05) is 0 Å². The highest BCUT2D eigenvalue weighted by atomic mass is 32.2. The summed E-state index contributed by atoms with van der Waals surface area (Å²) < 4.78 is 50.0. The second-order valence-corrected chi connectivity index (χ2v) is 10.1. The van der Waals surface area contributed by atoms with Crippen LogP contribution in [0.5, 0.6) is 0 Å². The molecule has 0 aliphatic heterocycles. The zero-order valence-corrected chi connectivity index (χ0v) is 17.7. The summed E-state index contributed by atoms with van der Waals surface area (Å²) in [6, 6.07) is 12.2. The molecule has 0 aliphatic rings. The quantitative estimate of drug-likeness (QED) is 0.699. The molecule has 0 heterocycles. The normalized spacial score (nSPS) is 12.1. The van der Waals surface area contributed by atoms with Crippen molar-refractivity contribution < 1.29 is 21.6 Å². The van der Waals surface area contributed by atoms with Gasteiger partial charge in [-0.15, -0.1) is 0 Å². The van der Waals surface area contributed by atoms with E-state index in [-0.39, 0.29) is 21.9 Å². The van der Waals surface area contributed by atoms with E-state index in [2.05, 4.69) is 5.32 Å². The molecule has 7 nitrogen and oxygen atoms in total. The molecular formula is C19H24N2O5S2. The van der Waals surface area contributed by atoms with Crippen LogP contribution in [0.25, 0.3) is 0 Å². The Morgan fingerprint density at radius 2 is 1.50 bits per heavy atom. The minimum absolute atomic E-state index is 0.0341. The van der Waals surface area contributed by atoms with Gasteiger partial charge in [0.15, 0.2) is 9.84 Å². The van der Waals surface area contributed by atoms with Gasteiger partial charge in [0.2, 0.25) is 10.0 Å². The van der Waals surface area contributed by atoms with Gasteiger partial charge in [-0.3, -0.25) is 4.79 Å². The maximum atomic E-state index is 12.5. The minimum Gasteiger partial charge on any atom is -0.348 e. The van der Waals surface area contributed by atoms with Crippen LogP contribution in [-0.2, 0) is 26.4 Å². The average Bonchev–Trinajstić information content (AvgIpc) is 2.66. The molecule has 2 aromatic carbocycles. The minimum atomic E-state index is -3.53. The number of hydrogen-bond donors (Lipinski definition) is 1. The van der Waals surface area contributed by atoms with Gasteiger partial charge in [-0.25, -0.2) is 16.8 Å². The lowest BCUT2D eigenvalue weighted by molar-refractivity contribution is 0.0947. The van der Waals surface area contributed by atoms with Crippen LogP contribution >= 0.6 is 0 Å². The Balaban J connectivity index is 2.14. The highest BCUT2D eigenvalue weighted by Crippen LogP contribution is 2.17. The van der Waals surface area contributed by atoms with Crippen LogP contribution in [0.1, 0.15) is 29.8 Å². The number of sulfonamides is 1. The number of sulfone groups is 1. The molecule has 2 aromatic rings. The number of carbonyl (C=O) groups excluding carboxylic acids is 1. The first-order chi connectivity index (χ1) is 13.1. The Labute approximate surface area is 166 Å². The molecule has 0 unspecified atom stereocenters. The summed E-state index contributed by atoms with van der Waals surface area (Å²) in [5.74, 6) is -0.513. The third kappa shape index (κ3) is 4.98. The van der Waals surface area contributed by atoms with Gasteiger partial charge in [0.1, 0.15) is 0 Å². The molecule has 0 radical (unpaired) electrons. The molecular weight excluding hydrogens is 400 g/mol. The number of nitrogens with one attached hydrogen (secondary N) is 1. The zero-order valence-electron chi connectivity index (χ0n) is 16.0. The Bertz CT molecular complexity index is 1040. The SMILES string of the molecule is CCN(CC)S(=O)(=O)c1ccc(CNC(=O)c2ccccc2S(C)(=O)=O)cc1. The molecule has 1 amide bonds. The second-order valence-electron chi connectivity index (χ2n) is 6.18. The van der Waals surface area contributed by atoms with E-state index in [9.17, 15) is 21.6 Å². The summed E-state index contributed by atoms with van der Waals surface area (Å²) in [6.07, 6.45) is 1.05. The van der Waals surface area contributed by atoms with Gasteiger partial charge in [-0.05, 0) is 29.8 Å². The zero-order chi connectivity index (χ0) is 20.9. The molecule has 0 fully saturated rings. The first-order valence-electron chi connectivity index (χ1n) is 8.77. The largest absolute Gasteiger partial charge is 0.348 e. The van der Waals surface area contributed by atoms with Crippen molar-refractivity contribution in [1.29, 1.82) is 0 Å². The van der Waals surface area contributed by atoms with Gasteiger partial charge in [-0.1, -0.05) is 38.1 Å². The number of hydrogen-bond acceptors (Lipinski definition) is 5. The van der Waals surface area contributed by atoms with E-state index < -0.39 is 25.8 Å². The lowest BCUT2D eigenvalue weighted by Crippen LogP contribution is -2.30. The summed E-state index contributed by atoms with van der Waals surface area (Å²) in [6.45, 7) is 4.47. The van der Waals surface area contributed by atoms with E-state index in [1.54, 1.807) is 38.1 Å². The van der Waals surface area contributed by atoms with E-state index in [0.29, 0.717) is 18.7 Å². The van der Waals surface area contributed by atoms with E-state index in [1.165, 1.54) is 28.6 Å². The number of carbonyl (C=O) groups is 1. The number of benzene rings is 2. The fourth-order valence-electron chi connectivity index (χ4n) is 2.75. The van der Waals surface area contributed by atoms with Gasteiger partial charge < -0.3 is 5.32 Å². The monoisotopic (exact) mass is 424 g/mol. The van der Waals surface area contributed by atoms with Gasteiger partial charge >= 0.3 is 0 Å². The summed E-state index contributed by atoms with van der Waals surface area (Å²) in [5.41, 5.74) is 0.773. The van der Waals surface area contributed by atoms with Crippen molar-refractivity contribution >= 4 is 25.8 Å². The first kappa shape index (κ1) is 22.1. The van der Waals surface area contributed by atoms with Crippen molar-refractivity contribution in [2.45, 2.75) is 30.2 Å². The summed E-state index contributed by atoms with van der Waals surface area (Å²) >= 11 is 0. The van der Waals surface area contributed by atoms with Crippen molar-refractivity contribution in [1.82, 2.24) is 9.62 Å². The van der Waals surface area contributed by atoms with Crippen LogP contribution < -0.4 is 5.32 Å². The molecule has 0 aromatic heterocycles. The third-order valence-corrected chi connectivity index (χ3v) is 7.47. The molecule has 0 atom stereocenters. The lowest BCUT2D eigenvalue weighted by Gasteiger charge is -2.18. The van der Waals surface area contributed by atoms with Gasteiger partial charge in [-0.2, -0.15) is 4.31 Å². The molecule has 152 valence electrons. The van der Waals surface area contributed by atoms with Crippen molar-refractivity contribution in [3.63, 3.8) is 0 Å². The standard InChI is InChI=1S/C19H24N2O5S2/c1-4-21(5-2)28(25,26)16-12-10-15(11-13-16)14-20-19(22)17-8-6-7-9-18(17)27(3,23)24/h6-13H,4-5,14H2,1-3H3,(H,20,22). The molecule has 28 heavy (non-hydrogen) atoms. The fourth-order valence-corrected chi connectivity index (χ4v) is 5.09. The van der Waals surface area contributed by atoms with Crippen LogP contribution in [0.15, 0.2) is 58.3 Å². The lowest BCUT2D eigenvalue weighted by atomic mass is 10.2. The topological polar surface area (TPSA) is 101 Å². The Kier molecular flexibility index (Phi) is 6.97. The molecule has 1 N–H and O–H groups in total. The number of rotatable bonds is 8. The van der Waals surface area contributed by atoms with E-state index >= 15 is 0 Å². The third-order valence-electron chi connectivity index (χ3n) is 4.25. The highest BCUT2D eigenvalue weighted by Gasteiger charge is 2.21. The van der Waals surface area contributed by atoms with Crippen LogP contribution in [0.4, 0.5) is 0 Å². The van der Waals surface area contributed by atoms with E-state index in [4.69, 9.17) is 0 Å². The van der Waals surface area contributed by atoms with Crippen molar-refractivity contribution in [3.05, 3.63) is 59.7 Å². The van der Waals surface area contributed by atoms with Gasteiger partial charge in [0.05, 0.1) is 15.4 Å². The van der Waals surface area contributed by atoms with Gasteiger partial charge in [0.25, 0.3) is 5.91 Å².